The molecule has 0 aliphatic carbocycles. The van der Waals surface area contributed by atoms with E-state index in [0.717, 1.165) is 67.0 Å². The maximum Gasteiger partial charge on any atom is 0.305 e. The molecule has 1 atom stereocenters. The summed E-state index contributed by atoms with van der Waals surface area (Å²) in [5.41, 5.74) is 2.98. The Labute approximate surface area is 182 Å². The SMILES string of the molecule is C[C@H](CCCCCOCCc1ccccc1)NCCc1ccc(O)c2[nH]c(=O)sc12. The highest BCUT2D eigenvalue weighted by atomic mass is 32.1. The van der Waals surface area contributed by atoms with Gasteiger partial charge >= 0.3 is 4.87 Å². The fourth-order valence-corrected chi connectivity index (χ4v) is 4.49. The standard InChI is InChI=1S/C24H32N2O3S/c1-18(8-4-3-7-16-29-17-14-19-9-5-2-6-10-19)25-15-13-20-11-12-21(27)22-23(20)30-24(28)26-22/h2,5-6,9-12,18,25,27H,3-4,7-8,13-17H2,1H3,(H,26,28)/t18-/m1/s1. The average Bonchev–Trinajstić information content (AvgIpc) is 3.15. The molecule has 3 aromatic rings. The number of H-pyrrole nitrogens is 1. The zero-order valence-corrected chi connectivity index (χ0v) is 18.5. The molecule has 3 rings (SSSR count). The number of aromatic hydroxyl groups is 1. The van der Waals surface area contributed by atoms with Crippen LogP contribution in [0.1, 0.15) is 43.7 Å². The molecule has 0 bridgehead atoms. The molecular formula is C24H32N2O3S. The summed E-state index contributed by atoms with van der Waals surface area (Å²) in [5, 5.41) is 13.4. The Morgan fingerprint density at radius 2 is 1.90 bits per heavy atom. The number of benzene rings is 2. The van der Waals surface area contributed by atoms with Crippen LogP contribution in [-0.4, -0.2) is 35.9 Å². The molecule has 0 saturated heterocycles. The molecule has 1 heterocycles. The van der Waals surface area contributed by atoms with Crippen LogP contribution in [0.5, 0.6) is 5.75 Å². The van der Waals surface area contributed by atoms with Gasteiger partial charge in [-0.2, -0.15) is 0 Å². The van der Waals surface area contributed by atoms with Gasteiger partial charge in [-0.1, -0.05) is 60.6 Å². The zero-order valence-electron chi connectivity index (χ0n) is 17.7. The fraction of sp³-hybridized carbons (Fsp3) is 0.458. The van der Waals surface area contributed by atoms with E-state index in [-0.39, 0.29) is 10.6 Å². The number of nitrogens with one attached hydrogen (secondary N) is 2. The van der Waals surface area contributed by atoms with E-state index >= 15 is 0 Å². The Morgan fingerprint density at radius 3 is 2.73 bits per heavy atom. The van der Waals surface area contributed by atoms with Crippen LogP contribution in [0.4, 0.5) is 0 Å². The molecular weight excluding hydrogens is 396 g/mol. The highest BCUT2D eigenvalue weighted by molar-refractivity contribution is 7.16. The van der Waals surface area contributed by atoms with E-state index in [1.807, 2.05) is 12.1 Å². The number of unbranched alkanes of at least 4 members (excludes halogenated alkanes) is 2. The third-order valence-electron chi connectivity index (χ3n) is 5.33. The van der Waals surface area contributed by atoms with Crippen molar-refractivity contribution in [3.63, 3.8) is 0 Å². The van der Waals surface area contributed by atoms with Gasteiger partial charge in [-0.05, 0) is 56.3 Å². The second-order valence-corrected chi connectivity index (χ2v) is 8.75. The molecule has 1 aromatic heterocycles. The number of rotatable bonds is 13. The molecule has 6 heteroatoms. The second kappa shape index (κ2) is 11.9. The van der Waals surface area contributed by atoms with Crippen LogP contribution in [0.25, 0.3) is 10.2 Å². The predicted molar refractivity (Wildman–Crippen MR) is 125 cm³/mol. The highest BCUT2D eigenvalue weighted by Gasteiger charge is 2.10. The van der Waals surface area contributed by atoms with Gasteiger partial charge < -0.3 is 20.1 Å². The lowest BCUT2D eigenvalue weighted by Crippen LogP contribution is -2.28. The zero-order chi connectivity index (χ0) is 21.2. The van der Waals surface area contributed by atoms with Crippen LogP contribution in [0, 0.1) is 0 Å². The summed E-state index contributed by atoms with van der Waals surface area (Å²) in [6, 6.07) is 14.5. The molecule has 0 aliphatic heterocycles. The lowest BCUT2D eigenvalue weighted by atomic mass is 10.1. The van der Waals surface area contributed by atoms with E-state index in [4.69, 9.17) is 4.74 Å². The van der Waals surface area contributed by atoms with Crippen LogP contribution in [0.2, 0.25) is 0 Å². The molecule has 0 spiro atoms. The Balaban J connectivity index is 1.24. The van der Waals surface area contributed by atoms with Crippen molar-refractivity contribution >= 4 is 21.6 Å². The summed E-state index contributed by atoms with van der Waals surface area (Å²) in [6.07, 6.45) is 6.46. The molecule has 5 nitrogen and oxygen atoms in total. The van der Waals surface area contributed by atoms with Gasteiger partial charge in [0.1, 0.15) is 11.3 Å². The lowest BCUT2D eigenvalue weighted by molar-refractivity contribution is 0.132. The quantitative estimate of drug-likeness (QED) is 0.347. The van der Waals surface area contributed by atoms with E-state index in [0.29, 0.717) is 11.6 Å². The third-order valence-corrected chi connectivity index (χ3v) is 6.29. The first kappa shape index (κ1) is 22.5. The number of thiazole rings is 1. The van der Waals surface area contributed by atoms with E-state index in [1.165, 1.54) is 18.4 Å². The Bertz CT molecular complexity index is 952. The molecule has 30 heavy (non-hydrogen) atoms. The number of aromatic nitrogens is 1. The minimum atomic E-state index is -0.127. The van der Waals surface area contributed by atoms with Crippen LogP contribution in [-0.2, 0) is 17.6 Å². The summed E-state index contributed by atoms with van der Waals surface area (Å²) in [6.45, 7) is 4.71. The number of phenolic OH excluding ortho intramolecular Hbond substituents is 1. The normalized spacial score (nSPS) is 12.4. The summed E-state index contributed by atoms with van der Waals surface area (Å²) in [5.74, 6) is 0.137. The maximum atomic E-state index is 11.6. The van der Waals surface area contributed by atoms with E-state index in [9.17, 15) is 9.90 Å². The number of fused-ring (bicyclic) bond motifs is 1. The van der Waals surface area contributed by atoms with Crippen LogP contribution < -0.4 is 10.2 Å². The first-order valence-corrected chi connectivity index (χ1v) is 11.6. The highest BCUT2D eigenvalue weighted by Crippen LogP contribution is 2.27. The largest absolute Gasteiger partial charge is 0.506 e. The number of hydrogen-bond acceptors (Lipinski definition) is 5. The number of hydrogen-bond donors (Lipinski definition) is 3. The van der Waals surface area contributed by atoms with Crippen molar-refractivity contribution in [1.29, 1.82) is 0 Å². The predicted octanol–water partition coefficient (Wildman–Crippen LogP) is 4.64. The van der Waals surface area contributed by atoms with E-state index in [1.54, 1.807) is 6.07 Å². The van der Waals surface area contributed by atoms with Crippen molar-refractivity contribution in [2.45, 2.75) is 51.5 Å². The Kier molecular flexibility index (Phi) is 8.93. The van der Waals surface area contributed by atoms with Gasteiger partial charge in [0.05, 0.1) is 11.3 Å². The summed E-state index contributed by atoms with van der Waals surface area (Å²) in [7, 11) is 0. The van der Waals surface area contributed by atoms with Crippen LogP contribution >= 0.6 is 11.3 Å². The third kappa shape index (κ3) is 6.97. The number of ether oxygens (including phenoxy) is 1. The molecule has 0 unspecified atom stereocenters. The van der Waals surface area contributed by atoms with Gasteiger partial charge in [0.2, 0.25) is 0 Å². The molecule has 0 saturated carbocycles. The fourth-order valence-electron chi connectivity index (χ4n) is 3.59. The van der Waals surface area contributed by atoms with Gasteiger partial charge in [0.15, 0.2) is 0 Å². The molecule has 0 amide bonds. The monoisotopic (exact) mass is 428 g/mol. The minimum Gasteiger partial charge on any atom is -0.506 e. The molecule has 2 aromatic carbocycles. The summed E-state index contributed by atoms with van der Waals surface area (Å²) in [4.78, 5) is 14.2. The summed E-state index contributed by atoms with van der Waals surface area (Å²) < 4.78 is 6.61. The minimum absolute atomic E-state index is 0.127. The van der Waals surface area contributed by atoms with Gasteiger partial charge in [-0.15, -0.1) is 0 Å². The molecule has 0 radical (unpaired) electrons. The van der Waals surface area contributed by atoms with E-state index in [2.05, 4.69) is 41.5 Å². The maximum absolute atomic E-state index is 11.6. The average molecular weight is 429 g/mol. The molecule has 162 valence electrons. The van der Waals surface area contributed by atoms with Crippen molar-refractivity contribution in [3.8, 4) is 5.75 Å². The Morgan fingerprint density at radius 1 is 1.07 bits per heavy atom. The van der Waals surface area contributed by atoms with Crippen LogP contribution in [0.15, 0.2) is 47.3 Å². The van der Waals surface area contributed by atoms with Gasteiger partial charge in [0.25, 0.3) is 0 Å². The van der Waals surface area contributed by atoms with Crippen molar-refractivity contribution in [3.05, 3.63) is 63.3 Å². The van der Waals surface area contributed by atoms with Gasteiger partial charge in [-0.25, -0.2) is 0 Å². The lowest BCUT2D eigenvalue weighted by Gasteiger charge is -2.14. The van der Waals surface area contributed by atoms with E-state index < -0.39 is 0 Å². The van der Waals surface area contributed by atoms with Gasteiger partial charge in [0, 0.05) is 12.6 Å². The molecule has 3 N–H and O–H groups in total. The van der Waals surface area contributed by atoms with Crippen molar-refractivity contribution in [2.75, 3.05) is 19.8 Å². The second-order valence-electron chi connectivity index (χ2n) is 7.76. The van der Waals surface area contributed by atoms with Gasteiger partial charge in [-0.3, -0.25) is 4.79 Å². The number of aromatic amines is 1. The Hall–Kier alpha value is -2.15. The van der Waals surface area contributed by atoms with Crippen LogP contribution in [0.3, 0.4) is 0 Å². The number of phenols is 1. The van der Waals surface area contributed by atoms with Crippen molar-refractivity contribution < 1.29 is 9.84 Å². The molecule has 0 aliphatic rings. The first-order valence-electron chi connectivity index (χ1n) is 10.8. The molecule has 0 fully saturated rings. The smallest absolute Gasteiger partial charge is 0.305 e. The summed E-state index contributed by atoms with van der Waals surface area (Å²) >= 11 is 1.16. The topological polar surface area (TPSA) is 74.3 Å². The van der Waals surface area contributed by atoms with Crippen molar-refractivity contribution in [2.24, 2.45) is 0 Å². The van der Waals surface area contributed by atoms with Crippen molar-refractivity contribution in [1.82, 2.24) is 10.3 Å². The first-order chi connectivity index (χ1) is 14.6.